The number of hydrogen-bond donors (Lipinski definition) is 3. The monoisotopic (exact) mass is 348 g/mol. The first kappa shape index (κ1) is 17.2. The average Bonchev–Trinajstić information content (AvgIpc) is 3.26. The molecule has 130 valence electrons. The van der Waals surface area contributed by atoms with Crippen LogP contribution in [-0.2, 0) is 4.79 Å². The second-order valence-corrected chi connectivity index (χ2v) is 7.28. The van der Waals surface area contributed by atoms with Crippen molar-refractivity contribution in [2.45, 2.75) is 31.7 Å². The number of aromatic nitrogens is 1. The summed E-state index contributed by atoms with van der Waals surface area (Å²) in [5.74, 6) is 3.41. The number of benzene rings is 1. The highest BCUT2D eigenvalue weighted by Crippen LogP contribution is 2.39. The molecule has 2 atom stereocenters. The number of nitrogens with one attached hydrogen (secondary N) is 2. The molecule has 24 heavy (non-hydrogen) atoms. The predicted octanol–water partition coefficient (Wildman–Crippen LogP) is 2.65. The van der Waals surface area contributed by atoms with Gasteiger partial charge in [0.15, 0.2) is 6.61 Å². The Morgan fingerprint density at radius 1 is 1.54 bits per heavy atom. The van der Waals surface area contributed by atoms with E-state index in [2.05, 4.69) is 16.5 Å². The van der Waals surface area contributed by atoms with Crippen LogP contribution in [0, 0.1) is 0 Å². The van der Waals surface area contributed by atoms with E-state index in [4.69, 9.17) is 9.84 Å². The molecule has 2 heterocycles. The molecule has 1 fully saturated rings. The van der Waals surface area contributed by atoms with Gasteiger partial charge in [0, 0.05) is 22.9 Å². The molecule has 6 heteroatoms. The molecule has 1 aliphatic rings. The molecule has 3 rings (SSSR count). The van der Waals surface area contributed by atoms with Crippen molar-refractivity contribution in [2.24, 2.45) is 0 Å². The molecule has 0 spiro atoms. The summed E-state index contributed by atoms with van der Waals surface area (Å²) in [6.07, 6.45) is 3.95. The first-order valence-electron chi connectivity index (χ1n) is 8.43. The van der Waals surface area contributed by atoms with Gasteiger partial charge in [0.2, 0.25) is 0 Å². The van der Waals surface area contributed by atoms with Crippen LogP contribution in [0.5, 0.6) is 5.75 Å². The van der Waals surface area contributed by atoms with Gasteiger partial charge in [0.05, 0.1) is 12.6 Å². The summed E-state index contributed by atoms with van der Waals surface area (Å²) in [6.45, 7) is 1.83. The normalized spacial score (nSPS) is 18.7. The topological polar surface area (TPSA) is 74.3 Å². The third kappa shape index (κ3) is 3.70. The van der Waals surface area contributed by atoms with Crippen LogP contribution in [0.15, 0.2) is 24.4 Å². The molecule has 2 aromatic rings. The van der Waals surface area contributed by atoms with E-state index in [-0.39, 0.29) is 25.2 Å². The smallest absolute Gasteiger partial charge is 0.258 e. The average molecular weight is 348 g/mol. The van der Waals surface area contributed by atoms with Gasteiger partial charge < -0.3 is 20.1 Å². The van der Waals surface area contributed by atoms with Crippen molar-refractivity contribution in [3.05, 3.63) is 30.0 Å². The zero-order chi connectivity index (χ0) is 16.9. The molecule has 1 aromatic heterocycles. The molecule has 0 bridgehead atoms. The summed E-state index contributed by atoms with van der Waals surface area (Å²) in [5, 5.41) is 13.0. The SMILES string of the molecule is CCC(CO)NC(=O)COc1cccc2[nH]cc(C3CCSC3)c12. The summed E-state index contributed by atoms with van der Waals surface area (Å²) in [7, 11) is 0. The minimum atomic E-state index is -0.213. The van der Waals surface area contributed by atoms with E-state index in [9.17, 15) is 4.79 Å². The fraction of sp³-hybridized carbons (Fsp3) is 0.500. The Morgan fingerprint density at radius 3 is 3.12 bits per heavy atom. The van der Waals surface area contributed by atoms with E-state index in [1.165, 1.54) is 17.7 Å². The van der Waals surface area contributed by atoms with Gasteiger partial charge >= 0.3 is 0 Å². The third-order valence-electron chi connectivity index (χ3n) is 4.50. The second-order valence-electron chi connectivity index (χ2n) is 6.13. The third-order valence-corrected chi connectivity index (χ3v) is 5.67. The number of carbonyl (C=O) groups is 1. The van der Waals surface area contributed by atoms with Gasteiger partial charge in [-0.1, -0.05) is 13.0 Å². The van der Waals surface area contributed by atoms with Crippen LogP contribution >= 0.6 is 11.8 Å². The molecule has 0 aliphatic carbocycles. The summed E-state index contributed by atoms with van der Waals surface area (Å²) >= 11 is 1.98. The number of carbonyl (C=O) groups excluding carboxylic acids is 1. The van der Waals surface area contributed by atoms with Crippen LogP contribution in [-0.4, -0.2) is 46.8 Å². The van der Waals surface area contributed by atoms with Crippen molar-refractivity contribution in [3.63, 3.8) is 0 Å². The summed E-state index contributed by atoms with van der Waals surface area (Å²) in [6, 6.07) is 5.67. The zero-order valence-corrected chi connectivity index (χ0v) is 14.7. The van der Waals surface area contributed by atoms with E-state index in [1.54, 1.807) is 0 Å². The number of aliphatic hydroxyl groups excluding tert-OH is 1. The highest BCUT2D eigenvalue weighted by Gasteiger charge is 2.22. The van der Waals surface area contributed by atoms with Crippen LogP contribution in [0.4, 0.5) is 0 Å². The number of aliphatic hydroxyl groups is 1. The van der Waals surface area contributed by atoms with E-state index in [1.807, 2.05) is 36.9 Å². The Hall–Kier alpha value is -1.66. The molecule has 0 saturated carbocycles. The van der Waals surface area contributed by atoms with Gasteiger partial charge in [-0.2, -0.15) is 11.8 Å². The highest BCUT2D eigenvalue weighted by atomic mass is 32.2. The first-order chi connectivity index (χ1) is 11.7. The molecule has 1 amide bonds. The van der Waals surface area contributed by atoms with Crippen LogP contribution < -0.4 is 10.1 Å². The maximum absolute atomic E-state index is 12.0. The molecule has 0 radical (unpaired) electrons. The van der Waals surface area contributed by atoms with Crippen molar-refractivity contribution >= 4 is 28.6 Å². The number of thioether (sulfide) groups is 1. The van der Waals surface area contributed by atoms with Crippen molar-refractivity contribution in [1.29, 1.82) is 0 Å². The fourth-order valence-corrected chi connectivity index (χ4v) is 4.34. The number of fused-ring (bicyclic) bond motifs is 1. The zero-order valence-electron chi connectivity index (χ0n) is 13.9. The molecule has 1 saturated heterocycles. The Balaban J connectivity index is 1.74. The van der Waals surface area contributed by atoms with Crippen LogP contribution in [0.2, 0.25) is 0 Å². The highest BCUT2D eigenvalue weighted by molar-refractivity contribution is 7.99. The molecule has 2 unspecified atom stereocenters. The predicted molar refractivity (Wildman–Crippen MR) is 97.8 cm³/mol. The van der Waals surface area contributed by atoms with Crippen molar-refractivity contribution < 1.29 is 14.6 Å². The quantitative estimate of drug-likeness (QED) is 0.719. The van der Waals surface area contributed by atoms with Crippen LogP contribution in [0.25, 0.3) is 10.9 Å². The number of H-pyrrole nitrogens is 1. The molecule has 3 N–H and O–H groups in total. The van der Waals surface area contributed by atoms with E-state index in [0.29, 0.717) is 12.3 Å². The van der Waals surface area contributed by atoms with Gasteiger partial charge in [-0.3, -0.25) is 4.79 Å². The molecule has 1 aromatic carbocycles. The lowest BCUT2D eigenvalue weighted by Crippen LogP contribution is -2.39. The number of hydrogen-bond acceptors (Lipinski definition) is 4. The largest absolute Gasteiger partial charge is 0.483 e. The van der Waals surface area contributed by atoms with E-state index >= 15 is 0 Å². The number of aromatic amines is 1. The Bertz CT molecular complexity index is 691. The lowest BCUT2D eigenvalue weighted by atomic mass is 9.98. The van der Waals surface area contributed by atoms with Gasteiger partial charge in [0.1, 0.15) is 5.75 Å². The minimum Gasteiger partial charge on any atom is -0.483 e. The lowest BCUT2D eigenvalue weighted by molar-refractivity contribution is -0.124. The molecular formula is C18H24N2O3S. The fourth-order valence-electron chi connectivity index (χ4n) is 3.09. The molecular weight excluding hydrogens is 324 g/mol. The van der Waals surface area contributed by atoms with Gasteiger partial charge in [-0.15, -0.1) is 0 Å². The van der Waals surface area contributed by atoms with Crippen LogP contribution in [0.1, 0.15) is 31.2 Å². The van der Waals surface area contributed by atoms with Crippen molar-refractivity contribution in [1.82, 2.24) is 10.3 Å². The lowest BCUT2D eigenvalue weighted by Gasteiger charge is -2.15. The number of amides is 1. The summed E-state index contributed by atoms with van der Waals surface area (Å²) < 4.78 is 5.81. The second kappa shape index (κ2) is 7.94. The van der Waals surface area contributed by atoms with E-state index < -0.39 is 0 Å². The molecule has 1 aliphatic heterocycles. The van der Waals surface area contributed by atoms with Gasteiger partial charge in [-0.25, -0.2) is 0 Å². The first-order valence-corrected chi connectivity index (χ1v) is 9.59. The maximum atomic E-state index is 12.0. The summed E-state index contributed by atoms with van der Waals surface area (Å²) in [4.78, 5) is 15.3. The van der Waals surface area contributed by atoms with Gasteiger partial charge in [0.25, 0.3) is 5.91 Å². The molecule has 5 nitrogen and oxygen atoms in total. The summed E-state index contributed by atoms with van der Waals surface area (Å²) in [5.41, 5.74) is 2.33. The minimum absolute atomic E-state index is 0.0420. The van der Waals surface area contributed by atoms with Crippen LogP contribution in [0.3, 0.4) is 0 Å². The van der Waals surface area contributed by atoms with Crippen molar-refractivity contribution in [2.75, 3.05) is 24.7 Å². The Labute approximate surface area is 146 Å². The Morgan fingerprint density at radius 2 is 2.42 bits per heavy atom. The van der Waals surface area contributed by atoms with E-state index in [0.717, 1.165) is 22.4 Å². The van der Waals surface area contributed by atoms with Gasteiger partial charge in [-0.05, 0) is 42.2 Å². The van der Waals surface area contributed by atoms with Crippen molar-refractivity contribution in [3.8, 4) is 5.75 Å². The number of rotatable bonds is 7. The Kier molecular flexibility index (Phi) is 5.68. The maximum Gasteiger partial charge on any atom is 0.258 e. The standard InChI is InChI=1S/C18H24N2O3S/c1-2-13(9-21)20-17(22)10-23-16-5-3-4-15-18(16)14(8-19-15)12-6-7-24-11-12/h3-5,8,12-13,19,21H,2,6-7,9-11H2,1H3,(H,20,22). The number of ether oxygens (including phenoxy) is 1.